The molecule has 1 rings (SSSR count). The maximum absolute atomic E-state index is 12.1. The average Bonchev–Trinajstić information content (AvgIpc) is 2.57. The zero-order valence-corrected chi connectivity index (χ0v) is 13.8. The van der Waals surface area contributed by atoms with Crippen molar-refractivity contribution in [3.05, 3.63) is 47.7 Å². The molecule has 1 atom stereocenters. The number of rotatable bonds is 10. The number of carboxylic acid groups (broad SMARTS) is 1. The zero-order chi connectivity index (χ0) is 17.8. The molecule has 1 amide bonds. The Hall–Kier alpha value is -2.81. The standard InChI is InChI=1S/C18H23N3O3/c1-14(15-8-4-2-5-9-15)21-18(24)16(12-19)13-20-11-7-3-6-10-17(22)23/h2,4-5,8-9,13-14,20H,3,6-7,10-11H2,1H3,(H,21,24)(H,22,23)/b16-13-. The molecule has 1 unspecified atom stereocenters. The number of benzene rings is 1. The molecule has 0 aliphatic carbocycles. The van der Waals surface area contributed by atoms with Crippen molar-refractivity contribution in [2.24, 2.45) is 0 Å². The molecule has 6 heteroatoms. The molecule has 0 saturated heterocycles. The summed E-state index contributed by atoms with van der Waals surface area (Å²) in [6.45, 7) is 2.45. The summed E-state index contributed by atoms with van der Waals surface area (Å²) in [7, 11) is 0. The van der Waals surface area contributed by atoms with Gasteiger partial charge in [-0.1, -0.05) is 36.8 Å². The Morgan fingerprint density at radius 3 is 2.58 bits per heavy atom. The predicted molar refractivity (Wildman–Crippen MR) is 90.8 cm³/mol. The molecular formula is C18H23N3O3. The van der Waals surface area contributed by atoms with Gasteiger partial charge in [0.25, 0.3) is 5.91 Å². The summed E-state index contributed by atoms with van der Waals surface area (Å²) < 4.78 is 0. The van der Waals surface area contributed by atoms with Gasteiger partial charge >= 0.3 is 5.97 Å². The predicted octanol–water partition coefficient (Wildman–Crippen LogP) is 2.51. The third-order valence-electron chi connectivity index (χ3n) is 3.47. The minimum atomic E-state index is -0.793. The molecule has 6 nitrogen and oxygen atoms in total. The van der Waals surface area contributed by atoms with Crippen molar-refractivity contribution >= 4 is 11.9 Å². The van der Waals surface area contributed by atoms with Gasteiger partial charge in [-0.15, -0.1) is 0 Å². The summed E-state index contributed by atoms with van der Waals surface area (Å²) in [5, 5.41) is 23.3. The summed E-state index contributed by atoms with van der Waals surface area (Å²) in [5.41, 5.74) is 0.984. The van der Waals surface area contributed by atoms with Crippen molar-refractivity contribution in [3.63, 3.8) is 0 Å². The van der Waals surface area contributed by atoms with Crippen LogP contribution in [0.2, 0.25) is 0 Å². The van der Waals surface area contributed by atoms with E-state index < -0.39 is 11.9 Å². The van der Waals surface area contributed by atoms with Gasteiger partial charge < -0.3 is 15.7 Å². The maximum atomic E-state index is 12.1. The van der Waals surface area contributed by atoms with Crippen LogP contribution in [0, 0.1) is 11.3 Å². The van der Waals surface area contributed by atoms with Crippen LogP contribution in [-0.2, 0) is 9.59 Å². The lowest BCUT2D eigenvalue weighted by atomic mass is 10.1. The number of carboxylic acids is 1. The second-order valence-corrected chi connectivity index (χ2v) is 5.43. The van der Waals surface area contributed by atoms with Crippen LogP contribution in [0.15, 0.2) is 42.1 Å². The number of hydrogen-bond acceptors (Lipinski definition) is 4. The number of carbonyl (C=O) groups excluding carboxylic acids is 1. The number of aliphatic carboxylic acids is 1. The smallest absolute Gasteiger partial charge is 0.303 e. The highest BCUT2D eigenvalue weighted by molar-refractivity contribution is 5.97. The summed E-state index contributed by atoms with van der Waals surface area (Å²) in [4.78, 5) is 22.5. The van der Waals surface area contributed by atoms with E-state index in [-0.39, 0.29) is 18.0 Å². The summed E-state index contributed by atoms with van der Waals surface area (Å²) in [5.74, 6) is -1.22. The Balaban J connectivity index is 2.37. The fourth-order valence-electron chi connectivity index (χ4n) is 2.10. The van der Waals surface area contributed by atoms with Gasteiger partial charge in [0, 0.05) is 19.2 Å². The van der Waals surface area contributed by atoms with Crippen LogP contribution in [0.1, 0.15) is 44.2 Å². The van der Waals surface area contributed by atoms with Crippen LogP contribution in [0.5, 0.6) is 0 Å². The van der Waals surface area contributed by atoms with E-state index in [0.717, 1.165) is 18.4 Å². The lowest BCUT2D eigenvalue weighted by molar-refractivity contribution is -0.137. The molecule has 128 valence electrons. The molecule has 0 spiro atoms. The van der Waals surface area contributed by atoms with Gasteiger partial charge in [0.2, 0.25) is 0 Å². The molecule has 1 aromatic carbocycles. The van der Waals surface area contributed by atoms with Crippen LogP contribution >= 0.6 is 0 Å². The Labute approximate surface area is 142 Å². The van der Waals surface area contributed by atoms with Crippen LogP contribution in [0.25, 0.3) is 0 Å². The van der Waals surface area contributed by atoms with Gasteiger partial charge in [0.05, 0.1) is 6.04 Å². The maximum Gasteiger partial charge on any atom is 0.303 e. The Bertz CT molecular complexity index is 606. The van der Waals surface area contributed by atoms with E-state index in [1.54, 1.807) is 0 Å². The third-order valence-corrected chi connectivity index (χ3v) is 3.47. The van der Waals surface area contributed by atoms with Crippen molar-refractivity contribution in [3.8, 4) is 6.07 Å². The number of carbonyl (C=O) groups is 2. The summed E-state index contributed by atoms with van der Waals surface area (Å²) in [6.07, 6.45) is 3.76. The molecule has 24 heavy (non-hydrogen) atoms. The second-order valence-electron chi connectivity index (χ2n) is 5.43. The van der Waals surface area contributed by atoms with Gasteiger partial charge in [0.1, 0.15) is 11.6 Å². The van der Waals surface area contributed by atoms with E-state index in [1.165, 1.54) is 6.20 Å². The van der Waals surface area contributed by atoms with Crippen molar-refractivity contribution in [1.29, 1.82) is 5.26 Å². The first-order chi connectivity index (χ1) is 11.5. The average molecular weight is 329 g/mol. The third kappa shape index (κ3) is 7.45. The van der Waals surface area contributed by atoms with Crippen molar-refractivity contribution in [1.82, 2.24) is 10.6 Å². The fraction of sp³-hybridized carbons (Fsp3) is 0.389. The zero-order valence-electron chi connectivity index (χ0n) is 13.8. The normalized spacial score (nSPS) is 12.1. The van der Waals surface area contributed by atoms with Crippen LogP contribution in [0.4, 0.5) is 0 Å². The van der Waals surface area contributed by atoms with Crippen molar-refractivity contribution in [2.75, 3.05) is 6.54 Å². The largest absolute Gasteiger partial charge is 0.481 e. The van der Waals surface area contributed by atoms with E-state index in [2.05, 4.69) is 10.6 Å². The molecule has 0 fully saturated rings. The molecule has 0 aliphatic heterocycles. The monoisotopic (exact) mass is 329 g/mol. The van der Waals surface area contributed by atoms with Gasteiger partial charge in [-0.2, -0.15) is 5.26 Å². The van der Waals surface area contributed by atoms with Crippen molar-refractivity contribution < 1.29 is 14.7 Å². The summed E-state index contributed by atoms with van der Waals surface area (Å²) in [6, 6.07) is 11.2. The number of nitrogens with zero attached hydrogens (tertiary/aromatic N) is 1. The van der Waals surface area contributed by atoms with Crippen LogP contribution in [-0.4, -0.2) is 23.5 Å². The highest BCUT2D eigenvalue weighted by Gasteiger charge is 2.13. The first-order valence-corrected chi connectivity index (χ1v) is 7.96. The van der Waals surface area contributed by atoms with Crippen LogP contribution in [0.3, 0.4) is 0 Å². The molecule has 0 saturated carbocycles. The quantitative estimate of drug-likeness (QED) is 0.348. The van der Waals surface area contributed by atoms with Crippen molar-refractivity contribution in [2.45, 2.75) is 38.6 Å². The topological polar surface area (TPSA) is 102 Å². The molecule has 1 aromatic rings. The first-order valence-electron chi connectivity index (χ1n) is 7.96. The lowest BCUT2D eigenvalue weighted by Crippen LogP contribution is -2.28. The van der Waals surface area contributed by atoms with Gasteiger partial charge in [-0.25, -0.2) is 0 Å². The molecular weight excluding hydrogens is 306 g/mol. The Morgan fingerprint density at radius 2 is 1.96 bits per heavy atom. The van der Waals surface area contributed by atoms with Crippen LogP contribution < -0.4 is 10.6 Å². The molecule has 0 aliphatic rings. The fourth-order valence-corrected chi connectivity index (χ4v) is 2.10. The van der Waals surface area contributed by atoms with E-state index in [0.29, 0.717) is 13.0 Å². The number of nitriles is 1. The minimum absolute atomic E-state index is 0.0170. The Morgan fingerprint density at radius 1 is 1.25 bits per heavy atom. The molecule has 3 N–H and O–H groups in total. The number of unbranched alkanes of at least 4 members (excludes halogenated alkanes) is 2. The lowest BCUT2D eigenvalue weighted by Gasteiger charge is -2.13. The molecule has 0 bridgehead atoms. The highest BCUT2D eigenvalue weighted by Crippen LogP contribution is 2.11. The Kier molecular flexibility index (Phi) is 8.69. The van der Waals surface area contributed by atoms with Gasteiger partial charge in [-0.05, 0) is 25.3 Å². The molecule has 0 radical (unpaired) electrons. The van der Waals surface area contributed by atoms with E-state index in [1.807, 2.05) is 43.3 Å². The van der Waals surface area contributed by atoms with Gasteiger partial charge in [0.15, 0.2) is 0 Å². The summed E-state index contributed by atoms with van der Waals surface area (Å²) >= 11 is 0. The second kappa shape index (κ2) is 10.8. The van der Waals surface area contributed by atoms with E-state index in [9.17, 15) is 9.59 Å². The highest BCUT2D eigenvalue weighted by atomic mass is 16.4. The van der Waals surface area contributed by atoms with E-state index in [4.69, 9.17) is 10.4 Å². The first kappa shape index (κ1) is 19.2. The van der Waals surface area contributed by atoms with E-state index >= 15 is 0 Å². The van der Waals surface area contributed by atoms with Gasteiger partial charge in [-0.3, -0.25) is 9.59 Å². The SMILES string of the molecule is CC(NC(=O)/C(C#N)=C\NCCCCCC(=O)O)c1ccccc1. The number of nitrogens with one attached hydrogen (secondary N) is 2. The number of hydrogen-bond donors (Lipinski definition) is 3. The molecule has 0 heterocycles. The molecule has 0 aromatic heterocycles. The number of amides is 1. The minimum Gasteiger partial charge on any atom is -0.481 e.